The van der Waals surface area contributed by atoms with Crippen molar-refractivity contribution in [2.75, 3.05) is 23.3 Å². The Hall–Kier alpha value is -3.42. The Morgan fingerprint density at radius 3 is 2.93 bits per heavy atom. The molecule has 1 aliphatic heterocycles. The van der Waals surface area contributed by atoms with Crippen LogP contribution in [0.4, 0.5) is 20.7 Å². The van der Waals surface area contributed by atoms with Crippen LogP contribution in [0.3, 0.4) is 0 Å². The van der Waals surface area contributed by atoms with Crippen molar-refractivity contribution in [3.8, 4) is 5.69 Å². The Labute approximate surface area is 162 Å². The molecule has 1 saturated heterocycles. The number of hydrogen-bond acceptors (Lipinski definition) is 4. The molecule has 4 rings (SSSR count). The second-order valence-corrected chi connectivity index (χ2v) is 6.79. The molecule has 0 bridgehead atoms. The fourth-order valence-electron chi connectivity index (χ4n) is 3.33. The van der Waals surface area contributed by atoms with Gasteiger partial charge in [0.15, 0.2) is 11.6 Å². The maximum absolute atomic E-state index is 13.9. The van der Waals surface area contributed by atoms with E-state index in [-0.39, 0.29) is 17.9 Å². The van der Waals surface area contributed by atoms with Gasteiger partial charge in [0.1, 0.15) is 0 Å². The van der Waals surface area contributed by atoms with Gasteiger partial charge in [-0.05, 0) is 49.2 Å². The van der Waals surface area contributed by atoms with Crippen LogP contribution in [0, 0.1) is 12.7 Å². The van der Waals surface area contributed by atoms with Crippen molar-refractivity contribution in [2.45, 2.75) is 19.4 Å². The summed E-state index contributed by atoms with van der Waals surface area (Å²) in [6.45, 7) is 3.10. The average molecular weight is 380 g/mol. The zero-order chi connectivity index (χ0) is 19.5. The predicted molar refractivity (Wildman–Crippen MR) is 105 cm³/mol. The number of nitrogens with zero attached hydrogens (tertiary/aromatic N) is 4. The van der Waals surface area contributed by atoms with E-state index in [1.807, 2.05) is 42.3 Å². The van der Waals surface area contributed by atoms with E-state index < -0.39 is 0 Å². The fourth-order valence-corrected chi connectivity index (χ4v) is 3.33. The van der Waals surface area contributed by atoms with Crippen molar-refractivity contribution in [1.29, 1.82) is 0 Å². The van der Waals surface area contributed by atoms with E-state index in [0.29, 0.717) is 18.9 Å². The molecule has 2 N–H and O–H groups in total. The summed E-state index contributed by atoms with van der Waals surface area (Å²) in [5, 5.41) is 10.1. The second-order valence-electron chi connectivity index (χ2n) is 6.79. The van der Waals surface area contributed by atoms with Crippen molar-refractivity contribution < 1.29 is 9.18 Å². The minimum Gasteiger partial charge on any atom is -0.352 e. The SMILES string of the molecule is Cc1ccc(-n2cccn2)cc1NC(=O)N[C@@H]1CCN(c2ncccc2F)C1. The topological polar surface area (TPSA) is 75.1 Å². The van der Waals surface area contributed by atoms with Crippen LogP contribution in [-0.4, -0.2) is 39.9 Å². The highest BCUT2D eigenvalue weighted by Gasteiger charge is 2.26. The average Bonchev–Trinajstić information content (AvgIpc) is 3.36. The lowest BCUT2D eigenvalue weighted by atomic mass is 10.2. The summed E-state index contributed by atoms with van der Waals surface area (Å²) in [7, 11) is 0. The van der Waals surface area contributed by atoms with Gasteiger partial charge in [0.05, 0.1) is 5.69 Å². The van der Waals surface area contributed by atoms with Gasteiger partial charge in [0.2, 0.25) is 0 Å². The number of pyridine rings is 1. The third-order valence-corrected chi connectivity index (χ3v) is 4.80. The van der Waals surface area contributed by atoms with Crippen LogP contribution in [0.25, 0.3) is 5.69 Å². The van der Waals surface area contributed by atoms with Gasteiger partial charge in [0.25, 0.3) is 0 Å². The minimum absolute atomic E-state index is 0.0731. The number of anilines is 2. The summed E-state index contributed by atoms with van der Waals surface area (Å²) in [5.74, 6) is -0.0198. The molecule has 7 nitrogen and oxygen atoms in total. The van der Waals surface area contributed by atoms with Crippen molar-refractivity contribution in [3.63, 3.8) is 0 Å². The minimum atomic E-state index is -0.348. The quantitative estimate of drug-likeness (QED) is 0.729. The normalized spacial score (nSPS) is 16.2. The van der Waals surface area contributed by atoms with Crippen molar-refractivity contribution in [3.05, 3.63) is 66.4 Å². The highest BCUT2D eigenvalue weighted by Crippen LogP contribution is 2.22. The standard InChI is InChI=1S/C20H21FN6O/c1-14-5-6-16(27-10-3-9-23-27)12-18(14)25-20(28)24-15-7-11-26(13-15)19-17(21)4-2-8-22-19/h2-6,8-10,12,15H,7,11,13H2,1H3,(H2,24,25,28)/t15-/m1/s1. The first-order chi connectivity index (χ1) is 13.6. The molecule has 0 radical (unpaired) electrons. The molecule has 1 aromatic carbocycles. The van der Waals surface area contributed by atoms with Crippen molar-refractivity contribution >= 4 is 17.5 Å². The van der Waals surface area contributed by atoms with E-state index in [1.54, 1.807) is 23.1 Å². The number of hydrogen-bond donors (Lipinski definition) is 2. The van der Waals surface area contributed by atoms with E-state index >= 15 is 0 Å². The fraction of sp³-hybridized carbons (Fsp3) is 0.250. The molecule has 0 saturated carbocycles. The molecular formula is C20H21FN6O. The molecule has 2 amide bonds. The summed E-state index contributed by atoms with van der Waals surface area (Å²) in [4.78, 5) is 18.4. The van der Waals surface area contributed by atoms with E-state index in [4.69, 9.17) is 0 Å². The number of aromatic nitrogens is 3. The second kappa shape index (κ2) is 7.67. The zero-order valence-electron chi connectivity index (χ0n) is 15.5. The highest BCUT2D eigenvalue weighted by molar-refractivity contribution is 5.90. The van der Waals surface area contributed by atoms with E-state index in [2.05, 4.69) is 20.7 Å². The Balaban J connectivity index is 1.39. The summed E-state index contributed by atoms with van der Waals surface area (Å²) in [5.41, 5.74) is 2.54. The number of rotatable bonds is 4. The van der Waals surface area contributed by atoms with Gasteiger partial charge in [-0.3, -0.25) is 0 Å². The van der Waals surface area contributed by atoms with Gasteiger partial charge in [-0.25, -0.2) is 18.9 Å². The number of carbonyl (C=O) groups is 1. The number of nitrogens with one attached hydrogen (secondary N) is 2. The van der Waals surface area contributed by atoms with Gasteiger partial charge in [-0.2, -0.15) is 5.10 Å². The first kappa shape index (κ1) is 18.0. The summed E-state index contributed by atoms with van der Waals surface area (Å²) >= 11 is 0. The lowest BCUT2D eigenvalue weighted by Gasteiger charge is -2.19. The molecule has 8 heteroatoms. The summed E-state index contributed by atoms with van der Waals surface area (Å²) in [6.07, 6.45) is 5.85. The van der Waals surface area contributed by atoms with Gasteiger partial charge in [-0.15, -0.1) is 0 Å². The molecule has 0 aliphatic carbocycles. The van der Waals surface area contributed by atoms with E-state index in [0.717, 1.165) is 23.4 Å². The molecule has 3 heterocycles. The number of amides is 2. The van der Waals surface area contributed by atoms with Gasteiger partial charge in [0, 0.05) is 43.4 Å². The highest BCUT2D eigenvalue weighted by atomic mass is 19.1. The lowest BCUT2D eigenvalue weighted by Crippen LogP contribution is -2.40. The van der Waals surface area contributed by atoms with Crippen LogP contribution in [-0.2, 0) is 0 Å². The van der Waals surface area contributed by atoms with E-state index in [9.17, 15) is 9.18 Å². The van der Waals surface area contributed by atoms with Crippen LogP contribution in [0.5, 0.6) is 0 Å². The van der Waals surface area contributed by atoms with Crippen LogP contribution in [0.1, 0.15) is 12.0 Å². The molecular weight excluding hydrogens is 359 g/mol. The Morgan fingerprint density at radius 2 is 2.14 bits per heavy atom. The van der Waals surface area contributed by atoms with Crippen LogP contribution >= 0.6 is 0 Å². The molecule has 1 aliphatic rings. The smallest absolute Gasteiger partial charge is 0.319 e. The van der Waals surface area contributed by atoms with Crippen molar-refractivity contribution in [2.24, 2.45) is 0 Å². The van der Waals surface area contributed by atoms with E-state index in [1.165, 1.54) is 6.07 Å². The van der Waals surface area contributed by atoms with Crippen LogP contribution < -0.4 is 15.5 Å². The first-order valence-corrected chi connectivity index (χ1v) is 9.14. The Kier molecular flexibility index (Phi) is 4.92. The summed E-state index contributed by atoms with van der Waals surface area (Å²) < 4.78 is 15.6. The number of halogens is 1. The number of benzene rings is 1. The third-order valence-electron chi connectivity index (χ3n) is 4.80. The number of aryl methyl sites for hydroxylation is 1. The number of carbonyl (C=O) groups excluding carboxylic acids is 1. The monoisotopic (exact) mass is 380 g/mol. The maximum Gasteiger partial charge on any atom is 0.319 e. The lowest BCUT2D eigenvalue weighted by molar-refractivity contribution is 0.249. The predicted octanol–water partition coefficient (Wildman–Crippen LogP) is 3.12. The molecule has 2 aromatic heterocycles. The first-order valence-electron chi connectivity index (χ1n) is 9.14. The molecule has 1 atom stereocenters. The molecule has 28 heavy (non-hydrogen) atoms. The molecule has 0 spiro atoms. The van der Waals surface area contributed by atoms with Crippen LogP contribution in [0.2, 0.25) is 0 Å². The molecule has 3 aromatic rings. The molecule has 0 unspecified atom stereocenters. The van der Waals surface area contributed by atoms with Crippen molar-refractivity contribution in [1.82, 2.24) is 20.1 Å². The molecule has 144 valence electrons. The zero-order valence-corrected chi connectivity index (χ0v) is 15.5. The Morgan fingerprint density at radius 1 is 1.25 bits per heavy atom. The summed E-state index contributed by atoms with van der Waals surface area (Å²) in [6, 6.07) is 10.2. The van der Waals surface area contributed by atoms with Gasteiger partial charge < -0.3 is 15.5 Å². The maximum atomic E-state index is 13.9. The van der Waals surface area contributed by atoms with Crippen LogP contribution in [0.15, 0.2) is 55.0 Å². The third kappa shape index (κ3) is 3.80. The Bertz CT molecular complexity index is 975. The van der Waals surface area contributed by atoms with Gasteiger partial charge in [-0.1, -0.05) is 6.07 Å². The number of urea groups is 1. The largest absolute Gasteiger partial charge is 0.352 e. The molecule has 1 fully saturated rings. The van der Waals surface area contributed by atoms with Gasteiger partial charge >= 0.3 is 6.03 Å².